The second-order valence-corrected chi connectivity index (χ2v) is 4.18. The lowest BCUT2D eigenvalue weighted by molar-refractivity contribution is 0.111. The van der Waals surface area contributed by atoms with Gasteiger partial charge in [-0.25, -0.2) is 0 Å². The number of nitrogens with zero attached hydrogens (tertiary/aromatic N) is 1. The summed E-state index contributed by atoms with van der Waals surface area (Å²) in [7, 11) is 3.43. The molecule has 2 N–H and O–H groups in total. The maximum atomic E-state index is 10.9. The predicted molar refractivity (Wildman–Crippen MR) is 95.2 cm³/mol. The maximum Gasteiger partial charge on any atom is 0.166 e. The Bertz CT molecular complexity index is 513. The van der Waals surface area contributed by atoms with Gasteiger partial charge in [0.2, 0.25) is 0 Å². The first kappa shape index (κ1) is 21.7. The van der Waals surface area contributed by atoms with Crippen molar-refractivity contribution in [1.82, 2.24) is 4.57 Å². The van der Waals surface area contributed by atoms with Crippen LogP contribution in [-0.4, -0.2) is 17.9 Å². The molecular formula is C18H32N2O. The molecule has 3 heteroatoms. The summed E-state index contributed by atoms with van der Waals surface area (Å²) in [5, 5.41) is 1.19. The van der Waals surface area contributed by atoms with Gasteiger partial charge in [0.25, 0.3) is 0 Å². The molecule has 21 heavy (non-hydrogen) atoms. The third kappa shape index (κ3) is 5.35. The van der Waals surface area contributed by atoms with Gasteiger partial charge in [0.1, 0.15) is 0 Å². The number of fused-ring (bicyclic) bond motifs is 1. The Morgan fingerprint density at radius 1 is 1.10 bits per heavy atom. The van der Waals surface area contributed by atoms with E-state index >= 15 is 0 Å². The molecule has 0 bridgehead atoms. The van der Waals surface area contributed by atoms with Crippen molar-refractivity contribution in [3.63, 3.8) is 0 Å². The molecule has 0 aliphatic carbocycles. The van der Waals surface area contributed by atoms with Crippen LogP contribution in [0.3, 0.4) is 0 Å². The number of benzene rings is 1. The molecule has 0 atom stereocenters. The number of nitrogens with two attached hydrogens (primary N) is 1. The highest BCUT2D eigenvalue weighted by Gasteiger charge is 2.10. The van der Waals surface area contributed by atoms with Gasteiger partial charge in [0.05, 0.1) is 5.69 Å². The largest absolute Gasteiger partial charge is 0.341 e. The lowest BCUT2D eigenvalue weighted by Gasteiger charge is -2.07. The number of aldehydes is 1. The third-order valence-corrected chi connectivity index (χ3v) is 2.90. The van der Waals surface area contributed by atoms with Gasteiger partial charge >= 0.3 is 0 Å². The molecule has 0 radical (unpaired) electrons. The van der Waals surface area contributed by atoms with Crippen molar-refractivity contribution in [3.8, 4) is 0 Å². The van der Waals surface area contributed by atoms with E-state index < -0.39 is 0 Å². The number of aryl methyl sites for hydroxylation is 1. The quantitative estimate of drug-likeness (QED) is 0.813. The molecule has 0 aliphatic rings. The number of aromatic nitrogens is 1. The highest BCUT2D eigenvalue weighted by atomic mass is 16.1. The lowest BCUT2D eigenvalue weighted by atomic mass is 9.99. The Balaban J connectivity index is 0. The lowest BCUT2D eigenvalue weighted by Crippen LogP contribution is -1.93. The summed E-state index contributed by atoms with van der Waals surface area (Å²) in [5.74, 6) is 0.482. The zero-order valence-corrected chi connectivity index (χ0v) is 14.9. The summed E-state index contributed by atoms with van der Waals surface area (Å²) in [4.78, 5) is 10.9. The molecule has 3 nitrogen and oxygen atoms in total. The van der Waals surface area contributed by atoms with E-state index in [9.17, 15) is 4.79 Å². The van der Waals surface area contributed by atoms with Gasteiger partial charge in [-0.15, -0.1) is 0 Å². The average Bonchev–Trinajstić information content (AvgIpc) is 2.89. The van der Waals surface area contributed by atoms with Crippen molar-refractivity contribution in [1.29, 1.82) is 0 Å². The molecule has 0 saturated carbocycles. The minimum atomic E-state index is 0.482. The fraction of sp³-hybridized carbons (Fsp3) is 0.500. The van der Waals surface area contributed by atoms with Crippen LogP contribution in [0.1, 0.15) is 63.5 Å². The van der Waals surface area contributed by atoms with Crippen molar-refractivity contribution in [2.75, 3.05) is 7.05 Å². The van der Waals surface area contributed by atoms with Gasteiger partial charge in [-0.3, -0.25) is 4.79 Å². The molecule has 0 spiro atoms. The van der Waals surface area contributed by atoms with Crippen LogP contribution in [0.5, 0.6) is 0 Å². The fourth-order valence-corrected chi connectivity index (χ4v) is 2.02. The topological polar surface area (TPSA) is 48.0 Å². The summed E-state index contributed by atoms with van der Waals surface area (Å²) in [6.45, 7) is 12.3. The van der Waals surface area contributed by atoms with Gasteiger partial charge in [-0.05, 0) is 30.7 Å². The second-order valence-electron chi connectivity index (χ2n) is 4.18. The molecule has 0 unspecified atom stereocenters. The average molecular weight is 292 g/mol. The van der Waals surface area contributed by atoms with Gasteiger partial charge in [-0.2, -0.15) is 0 Å². The first-order chi connectivity index (χ1) is 10.1. The Kier molecular flexibility index (Phi) is 12.6. The molecule has 0 saturated heterocycles. The number of hydrogen-bond acceptors (Lipinski definition) is 2. The van der Waals surface area contributed by atoms with Crippen LogP contribution in [0.4, 0.5) is 0 Å². The maximum absolute atomic E-state index is 10.9. The molecule has 2 aromatic rings. The minimum absolute atomic E-state index is 0.482. The summed E-state index contributed by atoms with van der Waals surface area (Å²) in [6.07, 6.45) is 0.907. The summed E-state index contributed by atoms with van der Waals surface area (Å²) in [6, 6.07) is 8.19. The van der Waals surface area contributed by atoms with Crippen LogP contribution < -0.4 is 5.73 Å². The predicted octanol–water partition coefficient (Wildman–Crippen LogP) is 4.74. The van der Waals surface area contributed by atoms with Gasteiger partial charge in [-0.1, -0.05) is 53.7 Å². The van der Waals surface area contributed by atoms with Gasteiger partial charge < -0.3 is 10.3 Å². The first-order valence-electron chi connectivity index (χ1n) is 7.76. The van der Waals surface area contributed by atoms with E-state index in [0.29, 0.717) is 5.92 Å². The van der Waals surface area contributed by atoms with E-state index in [1.165, 1.54) is 18.0 Å². The molecule has 1 heterocycles. The fourth-order valence-electron chi connectivity index (χ4n) is 2.02. The normalized spacial score (nSPS) is 8.86. The van der Waals surface area contributed by atoms with E-state index in [-0.39, 0.29) is 0 Å². The molecule has 0 amide bonds. The number of hydrogen-bond donors (Lipinski definition) is 1. The summed E-state index contributed by atoms with van der Waals surface area (Å²) in [5.41, 5.74) is 7.66. The SMILES string of the molecule is CC.CC.CC(C)c1cccc2c1cc(C=O)n2C.CN. The third-order valence-electron chi connectivity index (χ3n) is 2.90. The van der Waals surface area contributed by atoms with Crippen molar-refractivity contribution < 1.29 is 4.79 Å². The number of rotatable bonds is 2. The van der Waals surface area contributed by atoms with Crippen LogP contribution in [0.2, 0.25) is 0 Å². The Labute approximate surface area is 130 Å². The molecular weight excluding hydrogens is 260 g/mol. The molecule has 0 fully saturated rings. The molecule has 1 aromatic heterocycles. The molecule has 1 aromatic carbocycles. The van der Waals surface area contributed by atoms with Crippen molar-refractivity contribution in [2.45, 2.75) is 47.5 Å². The first-order valence-corrected chi connectivity index (χ1v) is 7.76. The van der Waals surface area contributed by atoms with Crippen LogP contribution in [0, 0.1) is 0 Å². The zero-order valence-electron chi connectivity index (χ0n) is 14.9. The Hall–Kier alpha value is -1.61. The van der Waals surface area contributed by atoms with E-state index in [4.69, 9.17) is 0 Å². The van der Waals surface area contributed by atoms with Crippen LogP contribution >= 0.6 is 0 Å². The molecule has 120 valence electrons. The van der Waals surface area contributed by atoms with Gasteiger partial charge in [0, 0.05) is 18.0 Å². The van der Waals surface area contributed by atoms with Crippen LogP contribution in [0.15, 0.2) is 24.3 Å². The zero-order chi connectivity index (χ0) is 17.0. The van der Waals surface area contributed by atoms with Crippen LogP contribution in [-0.2, 0) is 7.05 Å². The molecule has 2 rings (SSSR count). The van der Waals surface area contributed by atoms with E-state index in [1.807, 2.05) is 57.5 Å². The monoisotopic (exact) mass is 292 g/mol. The van der Waals surface area contributed by atoms with Crippen molar-refractivity contribution in [2.24, 2.45) is 12.8 Å². The Morgan fingerprint density at radius 3 is 2.05 bits per heavy atom. The van der Waals surface area contributed by atoms with Gasteiger partial charge in [0.15, 0.2) is 6.29 Å². The Morgan fingerprint density at radius 2 is 1.62 bits per heavy atom. The van der Waals surface area contributed by atoms with Crippen molar-refractivity contribution in [3.05, 3.63) is 35.5 Å². The molecule has 0 aliphatic heterocycles. The van der Waals surface area contributed by atoms with Crippen LogP contribution in [0.25, 0.3) is 10.9 Å². The summed E-state index contributed by atoms with van der Waals surface area (Å²) < 4.78 is 1.94. The van der Waals surface area contributed by atoms with E-state index in [1.54, 1.807) is 0 Å². The highest BCUT2D eigenvalue weighted by Crippen LogP contribution is 2.27. The standard InChI is InChI=1S/C13H15NO.2C2H6.CH5N/c1-9(2)11-5-4-6-13-12(11)7-10(8-15)14(13)3;3*1-2/h4-9H,1-3H3;2*1-2H3;2H2,1H3. The minimum Gasteiger partial charge on any atom is -0.341 e. The summed E-state index contributed by atoms with van der Waals surface area (Å²) >= 11 is 0. The number of carbonyl (C=O) groups excluding carboxylic acids is 1. The smallest absolute Gasteiger partial charge is 0.166 e. The van der Waals surface area contributed by atoms with E-state index in [0.717, 1.165) is 17.5 Å². The van der Waals surface area contributed by atoms with E-state index in [2.05, 4.69) is 25.6 Å². The highest BCUT2D eigenvalue weighted by molar-refractivity contribution is 5.91. The van der Waals surface area contributed by atoms with Crippen molar-refractivity contribution >= 4 is 17.2 Å². The second kappa shape index (κ2) is 12.2. The number of carbonyl (C=O) groups is 1.